The van der Waals surface area contributed by atoms with Crippen molar-refractivity contribution in [2.75, 3.05) is 7.05 Å². The van der Waals surface area contributed by atoms with Gasteiger partial charge in [0, 0.05) is 24.3 Å². The molecule has 0 spiro atoms. The zero-order valence-electron chi connectivity index (χ0n) is 11.4. The molecule has 7 heteroatoms. The first-order chi connectivity index (χ1) is 9.53. The van der Waals surface area contributed by atoms with Crippen LogP contribution in [0.3, 0.4) is 0 Å². The predicted octanol–water partition coefficient (Wildman–Crippen LogP) is 1.17. The molecule has 0 amide bonds. The van der Waals surface area contributed by atoms with Crippen molar-refractivity contribution >= 4 is 10.0 Å². The minimum atomic E-state index is -3.50. The molecule has 108 valence electrons. The van der Waals surface area contributed by atoms with E-state index < -0.39 is 10.0 Å². The largest absolute Gasteiger partial charge is 0.313 e. The summed E-state index contributed by atoms with van der Waals surface area (Å²) in [5, 5.41) is 9.52. The molecule has 0 aliphatic rings. The molecule has 1 aromatic heterocycles. The van der Waals surface area contributed by atoms with Gasteiger partial charge in [0.25, 0.3) is 0 Å². The molecule has 0 saturated carbocycles. The summed E-state index contributed by atoms with van der Waals surface area (Å²) in [6, 6.07) is 7.04. The van der Waals surface area contributed by atoms with Crippen LogP contribution in [0, 0.1) is 0 Å². The molecule has 0 aliphatic carbocycles. The van der Waals surface area contributed by atoms with Crippen molar-refractivity contribution in [3.63, 3.8) is 0 Å². The Morgan fingerprint density at radius 1 is 1.30 bits per heavy atom. The topological polar surface area (TPSA) is 86.9 Å². The van der Waals surface area contributed by atoms with Crippen molar-refractivity contribution in [2.45, 2.75) is 24.4 Å². The van der Waals surface area contributed by atoms with Gasteiger partial charge in [-0.25, -0.2) is 13.1 Å². The summed E-state index contributed by atoms with van der Waals surface area (Å²) in [5.41, 5.74) is 1.83. The number of hydrogen-bond acceptors (Lipinski definition) is 4. The van der Waals surface area contributed by atoms with Gasteiger partial charge in [0.1, 0.15) is 0 Å². The second kappa shape index (κ2) is 6.17. The van der Waals surface area contributed by atoms with Crippen molar-refractivity contribution in [2.24, 2.45) is 0 Å². The lowest BCUT2D eigenvalue weighted by Crippen LogP contribution is -2.23. The molecular formula is C13H18N4O2S. The monoisotopic (exact) mass is 294 g/mol. The molecule has 0 aliphatic heterocycles. The normalized spacial score (nSPS) is 13.3. The second-order valence-electron chi connectivity index (χ2n) is 4.51. The first kappa shape index (κ1) is 14.7. The highest BCUT2D eigenvalue weighted by Gasteiger charge is 2.14. The average Bonchev–Trinajstić information content (AvgIpc) is 2.98. The molecule has 2 aromatic rings. The summed E-state index contributed by atoms with van der Waals surface area (Å²) in [6.07, 6.45) is 3.24. The standard InChI is InChI=1S/C13H18N4O2S/c1-10(14-2)12-3-5-13(6-4-12)20(18,19)17-9-11-7-15-16-8-11/h3-8,10,14,17H,9H2,1-2H3,(H,15,16). The molecule has 0 radical (unpaired) electrons. The third-order valence-corrected chi connectivity index (χ3v) is 4.56. The van der Waals surface area contributed by atoms with Gasteiger partial charge in [-0.1, -0.05) is 12.1 Å². The Morgan fingerprint density at radius 2 is 2.00 bits per heavy atom. The van der Waals surface area contributed by atoms with Gasteiger partial charge in [0.2, 0.25) is 10.0 Å². The third-order valence-electron chi connectivity index (χ3n) is 3.14. The number of rotatable bonds is 6. The molecule has 1 atom stereocenters. The van der Waals surface area contributed by atoms with E-state index in [-0.39, 0.29) is 17.5 Å². The fraction of sp³-hybridized carbons (Fsp3) is 0.308. The Labute approximate surface area is 118 Å². The Balaban J connectivity index is 2.09. The Hall–Kier alpha value is -1.70. The average molecular weight is 294 g/mol. The number of aromatic amines is 1. The van der Waals surface area contributed by atoms with E-state index in [9.17, 15) is 8.42 Å². The molecule has 2 rings (SSSR count). The molecule has 0 saturated heterocycles. The molecule has 6 nitrogen and oxygen atoms in total. The van der Waals surface area contributed by atoms with E-state index in [0.29, 0.717) is 0 Å². The lowest BCUT2D eigenvalue weighted by atomic mass is 10.1. The van der Waals surface area contributed by atoms with E-state index in [4.69, 9.17) is 0 Å². The number of nitrogens with zero attached hydrogens (tertiary/aromatic N) is 1. The zero-order valence-corrected chi connectivity index (χ0v) is 12.2. The Bertz CT molecular complexity index is 636. The van der Waals surface area contributed by atoms with Crippen LogP contribution in [0.25, 0.3) is 0 Å². The molecule has 0 bridgehead atoms. The van der Waals surface area contributed by atoms with Crippen LogP contribution in [-0.4, -0.2) is 25.7 Å². The van der Waals surface area contributed by atoms with Gasteiger partial charge in [-0.2, -0.15) is 5.10 Å². The predicted molar refractivity (Wildman–Crippen MR) is 76.5 cm³/mol. The van der Waals surface area contributed by atoms with Crippen LogP contribution in [0.4, 0.5) is 0 Å². The first-order valence-corrected chi connectivity index (χ1v) is 7.76. The van der Waals surface area contributed by atoms with Gasteiger partial charge in [-0.3, -0.25) is 5.10 Å². The number of hydrogen-bond donors (Lipinski definition) is 3. The number of sulfonamides is 1. The minimum Gasteiger partial charge on any atom is -0.313 e. The zero-order chi connectivity index (χ0) is 14.6. The highest BCUT2D eigenvalue weighted by Crippen LogP contribution is 2.16. The lowest BCUT2D eigenvalue weighted by Gasteiger charge is -2.11. The van der Waals surface area contributed by atoms with Crippen molar-refractivity contribution in [1.29, 1.82) is 0 Å². The van der Waals surface area contributed by atoms with Gasteiger partial charge in [-0.15, -0.1) is 0 Å². The van der Waals surface area contributed by atoms with Crippen molar-refractivity contribution in [3.05, 3.63) is 47.8 Å². The maximum atomic E-state index is 12.1. The summed E-state index contributed by atoms with van der Waals surface area (Å²) in [4.78, 5) is 0.257. The number of H-pyrrole nitrogens is 1. The molecule has 20 heavy (non-hydrogen) atoms. The van der Waals surface area contributed by atoms with Crippen LogP contribution in [0.5, 0.6) is 0 Å². The number of benzene rings is 1. The smallest absolute Gasteiger partial charge is 0.240 e. The summed E-state index contributed by atoms with van der Waals surface area (Å²) < 4.78 is 26.8. The van der Waals surface area contributed by atoms with E-state index >= 15 is 0 Å². The Morgan fingerprint density at radius 3 is 2.55 bits per heavy atom. The van der Waals surface area contributed by atoms with Crippen LogP contribution in [0.1, 0.15) is 24.1 Å². The van der Waals surface area contributed by atoms with Crippen LogP contribution < -0.4 is 10.0 Å². The van der Waals surface area contributed by atoms with Crippen molar-refractivity contribution < 1.29 is 8.42 Å². The molecule has 3 N–H and O–H groups in total. The summed E-state index contributed by atoms with van der Waals surface area (Å²) >= 11 is 0. The van der Waals surface area contributed by atoms with E-state index in [1.165, 1.54) is 0 Å². The number of aromatic nitrogens is 2. The van der Waals surface area contributed by atoms with Gasteiger partial charge in [0.15, 0.2) is 0 Å². The van der Waals surface area contributed by atoms with Gasteiger partial charge in [0.05, 0.1) is 11.1 Å². The third kappa shape index (κ3) is 3.44. The second-order valence-corrected chi connectivity index (χ2v) is 6.28. The van der Waals surface area contributed by atoms with Gasteiger partial charge in [-0.05, 0) is 31.7 Å². The molecular weight excluding hydrogens is 276 g/mol. The number of nitrogens with one attached hydrogen (secondary N) is 3. The Kier molecular flexibility index (Phi) is 4.53. The maximum absolute atomic E-state index is 12.1. The quantitative estimate of drug-likeness (QED) is 0.746. The first-order valence-electron chi connectivity index (χ1n) is 6.27. The molecule has 1 aromatic carbocycles. The highest BCUT2D eigenvalue weighted by atomic mass is 32.2. The van der Waals surface area contributed by atoms with Crippen LogP contribution in [0.2, 0.25) is 0 Å². The molecule has 0 fully saturated rings. The highest BCUT2D eigenvalue weighted by molar-refractivity contribution is 7.89. The fourth-order valence-corrected chi connectivity index (χ4v) is 2.76. The van der Waals surface area contributed by atoms with Crippen LogP contribution >= 0.6 is 0 Å². The molecule has 1 unspecified atom stereocenters. The minimum absolute atomic E-state index is 0.186. The van der Waals surface area contributed by atoms with E-state index in [1.54, 1.807) is 24.5 Å². The van der Waals surface area contributed by atoms with Crippen LogP contribution in [-0.2, 0) is 16.6 Å². The van der Waals surface area contributed by atoms with E-state index in [1.807, 2.05) is 26.1 Å². The molecule has 1 heterocycles. The summed E-state index contributed by atoms with van der Waals surface area (Å²) in [5.74, 6) is 0. The lowest BCUT2D eigenvalue weighted by molar-refractivity contribution is 0.581. The van der Waals surface area contributed by atoms with Gasteiger partial charge < -0.3 is 5.32 Å². The van der Waals surface area contributed by atoms with Crippen molar-refractivity contribution in [1.82, 2.24) is 20.2 Å². The summed E-state index contributed by atoms with van der Waals surface area (Å²) in [6.45, 7) is 2.23. The van der Waals surface area contributed by atoms with Crippen LogP contribution in [0.15, 0.2) is 41.6 Å². The fourth-order valence-electron chi connectivity index (χ4n) is 1.74. The van der Waals surface area contributed by atoms with E-state index in [0.717, 1.165) is 11.1 Å². The SMILES string of the molecule is CNC(C)c1ccc(S(=O)(=O)NCc2cn[nH]c2)cc1. The van der Waals surface area contributed by atoms with Gasteiger partial charge >= 0.3 is 0 Å². The van der Waals surface area contributed by atoms with E-state index in [2.05, 4.69) is 20.2 Å². The van der Waals surface area contributed by atoms with Crippen molar-refractivity contribution in [3.8, 4) is 0 Å². The maximum Gasteiger partial charge on any atom is 0.240 e. The summed E-state index contributed by atoms with van der Waals surface area (Å²) in [7, 11) is -1.63.